The third-order valence-corrected chi connectivity index (χ3v) is 3.30. The Morgan fingerprint density at radius 1 is 1.23 bits per heavy atom. The molecule has 0 saturated heterocycles. The zero-order chi connectivity index (χ0) is 16.1. The Morgan fingerprint density at radius 3 is 2.68 bits per heavy atom. The van der Waals surface area contributed by atoms with E-state index in [1.807, 2.05) is 0 Å². The third kappa shape index (κ3) is 4.29. The van der Waals surface area contributed by atoms with Gasteiger partial charge < -0.3 is 15.8 Å². The highest BCUT2D eigenvalue weighted by Gasteiger charge is 2.08. The minimum Gasteiger partial charge on any atom is -0.483 e. The van der Waals surface area contributed by atoms with Crippen molar-refractivity contribution >= 4 is 33.4 Å². The molecule has 0 aliphatic carbocycles. The van der Waals surface area contributed by atoms with Gasteiger partial charge in [0, 0.05) is 11.3 Å². The number of nitrogens with two attached hydrogens (primary N) is 1. The molecule has 0 spiro atoms. The van der Waals surface area contributed by atoms with E-state index in [0.29, 0.717) is 21.5 Å². The Hall–Kier alpha value is -2.41. The summed E-state index contributed by atoms with van der Waals surface area (Å²) in [5.74, 6) is -1.06. The molecule has 0 atom stereocenters. The van der Waals surface area contributed by atoms with Gasteiger partial charge in [-0.2, -0.15) is 0 Å². The molecule has 2 aromatic rings. The number of halogens is 2. The van der Waals surface area contributed by atoms with E-state index in [1.165, 1.54) is 24.3 Å². The van der Waals surface area contributed by atoms with Gasteiger partial charge in [0.1, 0.15) is 11.6 Å². The quantitative estimate of drug-likeness (QED) is 0.853. The first kappa shape index (κ1) is 16.0. The second kappa shape index (κ2) is 7.04. The van der Waals surface area contributed by atoms with Crippen LogP contribution in [0.25, 0.3) is 0 Å². The van der Waals surface area contributed by atoms with E-state index in [4.69, 9.17) is 10.5 Å². The molecule has 0 aliphatic heterocycles. The Labute approximate surface area is 134 Å². The minimum absolute atomic E-state index is 0.259. The molecule has 0 radical (unpaired) electrons. The van der Waals surface area contributed by atoms with Crippen molar-refractivity contribution in [1.82, 2.24) is 0 Å². The normalized spacial score (nSPS) is 10.1. The molecule has 2 amide bonds. The first-order valence-electron chi connectivity index (χ1n) is 6.23. The van der Waals surface area contributed by atoms with Crippen LogP contribution in [-0.2, 0) is 4.79 Å². The van der Waals surface area contributed by atoms with Gasteiger partial charge in [0.05, 0.1) is 4.47 Å². The summed E-state index contributed by atoms with van der Waals surface area (Å²) in [5.41, 5.74) is 5.89. The Bertz CT molecular complexity index is 722. The SMILES string of the molecule is NC(=O)c1cccc(NC(=O)COc2ccc(F)cc2Br)c1. The molecule has 22 heavy (non-hydrogen) atoms. The fourth-order valence-electron chi connectivity index (χ4n) is 1.68. The Kier molecular flexibility index (Phi) is 5.11. The molecule has 0 bridgehead atoms. The molecule has 2 rings (SSSR count). The smallest absolute Gasteiger partial charge is 0.262 e. The van der Waals surface area contributed by atoms with E-state index in [-0.39, 0.29) is 6.61 Å². The second-order valence-electron chi connectivity index (χ2n) is 4.36. The molecule has 0 saturated carbocycles. The van der Waals surface area contributed by atoms with Crippen LogP contribution < -0.4 is 15.8 Å². The van der Waals surface area contributed by atoms with Gasteiger partial charge >= 0.3 is 0 Å². The molecule has 5 nitrogen and oxygen atoms in total. The number of ether oxygens (including phenoxy) is 1. The maximum Gasteiger partial charge on any atom is 0.262 e. The number of hydrogen-bond donors (Lipinski definition) is 2. The van der Waals surface area contributed by atoms with Crippen molar-refractivity contribution in [1.29, 1.82) is 0 Å². The summed E-state index contributed by atoms with van der Waals surface area (Å²) in [6.45, 7) is -0.259. The molecule has 0 heterocycles. The minimum atomic E-state index is -0.581. The Morgan fingerprint density at radius 2 is 2.00 bits per heavy atom. The number of primary amides is 1. The maximum absolute atomic E-state index is 12.9. The van der Waals surface area contributed by atoms with Crippen LogP contribution in [0.1, 0.15) is 10.4 Å². The molecule has 2 aromatic carbocycles. The summed E-state index contributed by atoms with van der Waals surface area (Å²) in [7, 11) is 0. The fraction of sp³-hybridized carbons (Fsp3) is 0.0667. The van der Waals surface area contributed by atoms with E-state index in [2.05, 4.69) is 21.2 Å². The van der Waals surface area contributed by atoms with E-state index in [9.17, 15) is 14.0 Å². The third-order valence-electron chi connectivity index (χ3n) is 2.68. The monoisotopic (exact) mass is 366 g/mol. The van der Waals surface area contributed by atoms with Crippen LogP contribution in [0.2, 0.25) is 0 Å². The summed E-state index contributed by atoms with van der Waals surface area (Å²) < 4.78 is 18.6. The van der Waals surface area contributed by atoms with Gasteiger partial charge in [0.2, 0.25) is 5.91 Å². The highest BCUT2D eigenvalue weighted by molar-refractivity contribution is 9.10. The van der Waals surface area contributed by atoms with Crippen LogP contribution >= 0.6 is 15.9 Å². The van der Waals surface area contributed by atoms with Crippen molar-refractivity contribution < 1.29 is 18.7 Å². The van der Waals surface area contributed by atoms with Gasteiger partial charge in [-0.1, -0.05) is 6.07 Å². The molecule has 0 aliphatic rings. The molecule has 0 unspecified atom stereocenters. The zero-order valence-corrected chi connectivity index (χ0v) is 12.9. The van der Waals surface area contributed by atoms with Gasteiger partial charge in [-0.3, -0.25) is 9.59 Å². The van der Waals surface area contributed by atoms with Crippen molar-refractivity contribution in [3.05, 3.63) is 58.3 Å². The standard InChI is InChI=1S/C15H12BrFN2O3/c16-12-7-10(17)4-5-13(12)22-8-14(20)19-11-3-1-2-9(6-11)15(18)21/h1-7H,8H2,(H2,18,21)(H,19,20). The number of rotatable bonds is 5. The molecular formula is C15H12BrFN2O3. The van der Waals surface area contributed by atoms with Crippen LogP contribution in [0.15, 0.2) is 46.9 Å². The number of amides is 2. The van der Waals surface area contributed by atoms with Crippen LogP contribution in [0.3, 0.4) is 0 Å². The largest absolute Gasteiger partial charge is 0.483 e. The van der Waals surface area contributed by atoms with E-state index < -0.39 is 17.6 Å². The molecule has 0 fully saturated rings. The summed E-state index contributed by atoms with van der Waals surface area (Å²) in [4.78, 5) is 22.9. The number of anilines is 1. The van der Waals surface area contributed by atoms with Crippen molar-refractivity contribution in [3.63, 3.8) is 0 Å². The predicted molar refractivity (Wildman–Crippen MR) is 83.2 cm³/mol. The van der Waals surface area contributed by atoms with Crippen LogP contribution in [0.4, 0.5) is 10.1 Å². The highest BCUT2D eigenvalue weighted by Crippen LogP contribution is 2.25. The fourth-order valence-corrected chi connectivity index (χ4v) is 2.15. The van der Waals surface area contributed by atoms with Crippen molar-refractivity contribution in [2.24, 2.45) is 5.73 Å². The second-order valence-corrected chi connectivity index (χ2v) is 5.21. The van der Waals surface area contributed by atoms with Crippen molar-refractivity contribution in [3.8, 4) is 5.75 Å². The summed E-state index contributed by atoms with van der Waals surface area (Å²) in [6, 6.07) is 10.1. The topological polar surface area (TPSA) is 81.4 Å². The summed E-state index contributed by atoms with van der Waals surface area (Å²) in [5, 5.41) is 2.58. The maximum atomic E-state index is 12.9. The van der Waals surface area contributed by atoms with Gasteiger partial charge in [0.25, 0.3) is 5.91 Å². The lowest BCUT2D eigenvalue weighted by molar-refractivity contribution is -0.118. The van der Waals surface area contributed by atoms with Crippen molar-refractivity contribution in [2.45, 2.75) is 0 Å². The van der Waals surface area contributed by atoms with E-state index in [1.54, 1.807) is 18.2 Å². The van der Waals surface area contributed by atoms with Crippen molar-refractivity contribution in [2.75, 3.05) is 11.9 Å². The molecule has 114 valence electrons. The lowest BCUT2D eigenvalue weighted by atomic mass is 10.2. The van der Waals surface area contributed by atoms with E-state index in [0.717, 1.165) is 0 Å². The number of carbonyl (C=O) groups is 2. The van der Waals surface area contributed by atoms with Crippen LogP contribution in [0.5, 0.6) is 5.75 Å². The van der Waals surface area contributed by atoms with Gasteiger partial charge in [0.15, 0.2) is 6.61 Å². The predicted octanol–water partition coefficient (Wildman–Crippen LogP) is 2.70. The first-order valence-corrected chi connectivity index (χ1v) is 7.02. The number of hydrogen-bond acceptors (Lipinski definition) is 3. The van der Waals surface area contributed by atoms with Gasteiger partial charge in [-0.05, 0) is 52.3 Å². The summed E-state index contributed by atoms with van der Waals surface area (Å²) >= 11 is 3.14. The number of nitrogens with one attached hydrogen (secondary N) is 1. The first-order chi connectivity index (χ1) is 10.5. The summed E-state index contributed by atoms with van der Waals surface area (Å²) in [6.07, 6.45) is 0. The lowest BCUT2D eigenvalue weighted by Gasteiger charge is -2.09. The average molecular weight is 367 g/mol. The number of carbonyl (C=O) groups excluding carboxylic acids is 2. The lowest BCUT2D eigenvalue weighted by Crippen LogP contribution is -2.20. The van der Waals surface area contributed by atoms with Crippen LogP contribution in [-0.4, -0.2) is 18.4 Å². The van der Waals surface area contributed by atoms with E-state index >= 15 is 0 Å². The van der Waals surface area contributed by atoms with Gasteiger partial charge in [-0.15, -0.1) is 0 Å². The molecule has 0 aromatic heterocycles. The van der Waals surface area contributed by atoms with Crippen LogP contribution in [0, 0.1) is 5.82 Å². The molecule has 3 N–H and O–H groups in total. The molecule has 7 heteroatoms. The van der Waals surface area contributed by atoms with Gasteiger partial charge in [-0.25, -0.2) is 4.39 Å². The Balaban J connectivity index is 1.95. The zero-order valence-electron chi connectivity index (χ0n) is 11.3. The molecular weight excluding hydrogens is 355 g/mol. The highest BCUT2D eigenvalue weighted by atomic mass is 79.9. The number of benzene rings is 2. The average Bonchev–Trinajstić information content (AvgIpc) is 2.46.